The molecule has 1 saturated heterocycles. The van der Waals surface area contributed by atoms with Crippen LogP contribution in [0, 0.1) is 0 Å². The molecule has 1 N–H and O–H groups in total. The van der Waals surface area contributed by atoms with Crippen LogP contribution >= 0.6 is 0 Å². The molecule has 1 aliphatic rings. The van der Waals surface area contributed by atoms with E-state index in [1.165, 1.54) is 12.1 Å². The van der Waals surface area contributed by atoms with Crippen molar-refractivity contribution in [1.82, 2.24) is 19.9 Å². The highest BCUT2D eigenvalue weighted by Gasteiger charge is 2.30. The van der Waals surface area contributed by atoms with E-state index in [0.717, 1.165) is 44.9 Å². The fourth-order valence-corrected chi connectivity index (χ4v) is 3.09. The number of piperazine rings is 1. The monoisotopic (exact) mass is 398 g/mol. The molecule has 1 aromatic carbocycles. The van der Waals surface area contributed by atoms with E-state index in [1.54, 1.807) is 0 Å². The summed E-state index contributed by atoms with van der Waals surface area (Å²) in [6.07, 6.45) is -3.63. The van der Waals surface area contributed by atoms with Crippen LogP contribution in [0.1, 0.15) is 24.3 Å². The predicted molar refractivity (Wildman–Crippen MR) is 93.3 cm³/mol. The molecule has 0 unspecified atom stereocenters. The zero-order valence-electron chi connectivity index (χ0n) is 15.2. The minimum absolute atomic E-state index is 0.133. The minimum Gasteiger partial charge on any atom is -0.481 e. The molecule has 0 aliphatic carbocycles. The Morgan fingerprint density at radius 2 is 1.89 bits per heavy atom. The van der Waals surface area contributed by atoms with Crippen molar-refractivity contribution in [3.05, 3.63) is 35.7 Å². The van der Waals surface area contributed by atoms with Crippen LogP contribution < -0.4 is 0 Å². The number of rotatable bonds is 7. The van der Waals surface area contributed by atoms with Gasteiger partial charge in [0.1, 0.15) is 0 Å². The predicted octanol–water partition coefficient (Wildman–Crippen LogP) is 2.74. The van der Waals surface area contributed by atoms with Crippen molar-refractivity contribution in [3.63, 3.8) is 0 Å². The van der Waals surface area contributed by atoms with Gasteiger partial charge in [0.15, 0.2) is 0 Å². The van der Waals surface area contributed by atoms with Crippen LogP contribution in [0.5, 0.6) is 0 Å². The van der Waals surface area contributed by atoms with Crippen LogP contribution in [0.4, 0.5) is 13.2 Å². The molecule has 0 amide bonds. The quantitative estimate of drug-likeness (QED) is 0.768. The number of nitrogens with zero attached hydrogens (tertiary/aromatic N) is 4. The van der Waals surface area contributed by atoms with Crippen molar-refractivity contribution in [2.24, 2.45) is 0 Å². The van der Waals surface area contributed by atoms with E-state index in [1.807, 2.05) is 0 Å². The van der Waals surface area contributed by atoms with Crippen molar-refractivity contribution in [1.29, 1.82) is 0 Å². The molecule has 0 spiro atoms. The molecule has 28 heavy (non-hydrogen) atoms. The molecule has 2 heterocycles. The summed E-state index contributed by atoms with van der Waals surface area (Å²) in [5.74, 6) is -0.299. The first kappa shape index (κ1) is 20.3. The Balaban J connectivity index is 1.53. The van der Waals surface area contributed by atoms with Gasteiger partial charge in [-0.15, -0.1) is 0 Å². The van der Waals surface area contributed by atoms with Crippen LogP contribution in [0.25, 0.3) is 11.4 Å². The smallest absolute Gasteiger partial charge is 0.416 e. The maximum absolute atomic E-state index is 12.8. The van der Waals surface area contributed by atoms with E-state index in [2.05, 4.69) is 19.9 Å². The van der Waals surface area contributed by atoms with Crippen LogP contribution in [-0.4, -0.2) is 63.7 Å². The number of aromatic nitrogens is 2. The summed E-state index contributed by atoms with van der Waals surface area (Å²) in [5.41, 5.74) is -0.497. The van der Waals surface area contributed by atoms with E-state index in [4.69, 9.17) is 9.63 Å². The van der Waals surface area contributed by atoms with Crippen molar-refractivity contribution in [2.75, 3.05) is 32.7 Å². The first-order chi connectivity index (χ1) is 13.3. The number of aliphatic carboxylic acids is 1. The van der Waals surface area contributed by atoms with Gasteiger partial charge in [-0.25, -0.2) is 0 Å². The second-order valence-electron chi connectivity index (χ2n) is 6.71. The molecule has 7 nitrogen and oxygen atoms in total. The van der Waals surface area contributed by atoms with Crippen molar-refractivity contribution >= 4 is 5.97 Å². The highest BCUT2D eigenvalue weighted by Crippen LogP contribution is 2.31. The van der Waals surface area contributed by atoms with Gasteiger partial charge in [-0.1, -0.05) is 17.3 Å². The van der Waals surface area contributed by atoms with E-state index in [9.17, 15) is 18.0 Å². The van der Waals surface area contributed by atoms with Gasteiger partial charge in [-0.3, -0.25) is 9.69 Å². The Morgan fingerprint density at radius 1 is 1.18 bits per heavy atom. The number of carbonyl (C=O) groups is 1. The van der Waals surface area contributed by atoms with E-state index in [-0.39, 0.29) is 17.8 Å². The number of carboxylic acids is 1. The molecular formula is C18H21F3N4O3. The van der Waals surface area contributed by atoms with E-state index < -0.39 is 17.7 Å². The van der Waals surface area contributed by atoms with Crippen LogP contribution in [0.2, 0.25) is 0 Å². The average molecular weight is 398 g/mol. The fourth-order valence-electron chi connectivity index (χ4n) is 3.09. The Morgan fingerprint density at radius 3 is 2.57 bits per heavy atom. The lowest BCUT2D eigenvalue weighted by Crippen LogP contribution is -2.46. The van der Waals surface area contributed by atoms with Crippen molar-refractivity contribution in [2.45, 2.75) is 25.6 Å². The molecule has 10 heteroatoms. The number of hydrogen-bond acceptors (Lipinski definition) is 6. The molecule has 2 aromatic rings. The maximum Gasteiger partial charge on any atom is 0.416 e. The summed E-state index contributed by atoms with van der Waals surface area (Å²) in [7, 11) is 0. The summed E-state index contributed by atoms with van der Waals surface area (Å²) in [4.78, 5) is 19.1. The Labute approximate surface area is 159 Å². The summed E-state index contributed by atoms with van der Waals surface area (Å²) < 4.78 is 43.7. The molecule has 0 radical (unpaired) electrons. The topological polar surface area (TPSA) is 82.7 Å². The largest absolute Gasteiger partial charge is 0.481 e. The highest BCUT2D eigenvalue weighted by molar-refractivity contribution is 5.66. The van der Waals surface area contributed by atoms with Crippen LogP contribution in [0.15, 0.2) is 28.8 Å². The molecule has 0 bridgehead atoms. The van der Waals surface area contributed by atoms with E-state index >= 15 is 0 Å². The standard InChI is InChI=1S/C18H21F3N4O3/c19-18(20,21)14-4-1-3-13(11-14)17-22-15(28-23-17)12-25-9-7-24(8-10-25)6-2-5-16(26)27/h1,3-4,11H,2,5-10,12H2,(H,26,27). The number of carboxylic acid groups (broad SMARTS) is 1. The zero-order chi connectivity index (χ0) is 20.1. The average Bonchev–Trinajstić information content (AvgIpc) is 3.11. The van der Waals surface area contributed by atoms with Gasteiger partial charge in [0.25, 0.3) is 0 Å². The van der Waals surface area contributed by atoms with Crippen molar-refractivity contribution < 1.29 is 27.6 Å². The van der Waals surface area contributed by atoms with Crippen molar-refractivity contribution in [3.8, 4) is 11.4 Å². The lowest BCUT2D eigenvalue weighted by atomic mass is 10.1. The summed E-state index contributed by atoms with van der Waals surface area (Å²) in [6.45, 7) is 4.35. The molecule has 1 aliphatic heterocycles. The molecule has 152 valence electrons. The minimum atomic E-state index is -4.42. The molecular weight excluding hydrogens is 377 g/mol. The maximum atomic E-state index is 12.8. The molecule has 0 atom stereocenters. The van der Waals surface area contributed by atoms with Crippen LogP contribution in [-0.2, 0) is 17.5 Å². The van der Waals surface area contributed by atoms with Gasteiger partial charge >= 0.3 is 12.1 Å². The van der Waals surface area contributed by atoms with Gasteiger partial charge in [0, 0.05) is 38.2 Å². The highest BCUT2D eigenvalue weighted by atomic mass is 19.4. The van der Waals surface area contributed by atoms with Gasteiger partial charge < -0.3 is 14.5 Å². The fraction of sp³-hybridized carbons (Fsp3) is 0.500. The molecule has 1 aromatic heterocycles. The van der Waals surface area contributed by atoms with Gasteiger partial charge in [-0.2, -0.15) is 18.2 Å². The third-order valence-electron chi connectivity index (χ3n) is 4.60. The summed E-state index contributed by atoms with van der Waals surface area (Å²) >= 11 is 0. The first-order valence-corrected chi connectivity index (χ1v) is 8.98. The molecule has 1 fully saturated rings. The number of hydrogen-bond donors (Lipinski definition) is 1. The molecule has 0 saturated carbocycles. The number of alkyl halides is 3. The normalized spacial score (nSPS) is 16.4. The number of benzene rings is 1. The Bertz CT molecular complexity index is 801. The van der Waals surface area contributed by atoms with E-state index in [0.29, 0.717) is 18.9 Å². The third kappa shape index (κ3) is 5.52. The second kappa shape index (κ2) is 8.70. The summed E-state index contributed by atoms with van der Waals surface area (Å²) in [6, 6.07) is 4.84. The zero-order valence-corrected chi connectivity index (χ0v) is 15.2. The summed E-state index contributed by atoms with van der Waals surface area (Å²) in [5, 5.41) is 12.5. The third-order valence-corrected chi connectivity index (χ3v) is 4.60. The van der Waals surface area contributed by atoms with Crippen LogP contribution in [0.3, 0.4) is 0 Å². The van der Waals surface area contributed by atoms with Gasteiger partial charge in [0.2, 0.25) is 11.7 Å². The SMILES string of the molecule is O=C(O)CCCN1CCN(Cc2nc(-c3cccc(C(F)(F)F)c3)no2)CC1. The van der Waals surface area contributed by atoms with Gasteiger partial charge in [-0.05, 0) is 25.1 Å². The second-order valence-corrected chi connectivity index (χ2v) is 6.71. The first-order valence-electron chi connectivity index (χ1n) is 8.98. The lowest BCUT2D eigenvalue weighted by Gasteiger charge is -2.33. The Hall–Kier alpha value is -2.46. The Kier molecular flexibility index (Phi) is 6.30. The molecule has 3 rings (SSSR count). The van der Waals surface area contributed by atoms with Gasteiger partial charge in [0.05, 0.1) is 12.1 Å². The lowest BCUT2D eigenvalue weighted by molar-refractivity contribution is -0.138. The number of halogens is 3.